The molecule has 3 heteroatoms. The van der Waals surface area contributed by atoms with Crippen molar-refractivity contribution in [1.82, 2.24) is 10.3 Å². The fourth-order valence-corrected chi connectivity index (χ4v) is 2.18. The third-order valence-corrected chi connectivity index (χ3v) is 3.13. The first-order chi connectivity index (χ1) is 9.81. The number of hydrogen-bond acceptors (Lipinski definition) is 3. The van der Waals surface area contributed by atoms with Crippen molar-refractivity contribution in [2.24, 2.45) is 0 Å². The van der Waals surface area contributed by atoms with E-state index in [1.54, 1.807) is 0 Å². The lowest BCUT2D eigenvalue weighted by Gasteiger charge is -2.09. The zero-order valence-corrected chi connectivity index (χ0v) is 12.1. The van der Waals surface area contributed by atoms with Crippen molar-refractivity contribution in [3.63, 3.8) is 0 Å². The summed E-state index contributed by atoms with van der Waals surface area (Å²) in [6, 6.07) is 10.4. The molecule has 2 aromatic rings. The van der Waals surface area contributed by atoms with Crippen LogP contribution in [0.25, 0.3) is 10.9 Å². The van der Waals surface area contributed by atoms with Crippen LogP contribution in [0.4, 0.5) is 0 Å². The van der Waals surface area contributed by atoms with Gasteiger partial charge in [-0.3, -0.25) is 4.98 Å². The first kappa shape index (κ1) is 14.7. The quantitative estimate of drug-likeness (QED) is 0.590. The van der Waals surface area contributed by atoms with Crippen molar-refractivity contribution >= 4 is 10.9 Å². The normalized spacial score (nSPS) is 10.8. The van der Waals surface area contributed by atoms with Crippen molar-refractivity contribution in [2.45, 2.75) is 19.9 Å². The summed E-state index contributed by atoms with van der Waals surface area (Å²) in [6.07, 6.45) is 2.79. The standard InChI is InChI=1S/C17H22N2O/c1-3-4-10-20-11-9-18-13-15-12-14(2)19-17-8-6-5-7-16(15)17/h3,5-8,12,18H,1,4,9-11,13H2,2H3. The molecule has 1 heterocycles. The number of fused-ring (bicyclic) bond motifs is 1. The molecule has 3 nitrogen and oxygen atoms in total. The largest absolute Gasteiger partial charge is 0.380 e. The van der Waals surface area contributed by atoms with Gasteiger partial charge in [0.05, 0.1) is 18.7 Å². The number of hydrogen-bond donors (Lipinski definition) is 1. The van der Waals surface area contributed by atoms with E-state index in [9.17, 15) is 0 Å². The van der Waals surface area contributed by atoms with Gasteiger partial charge in [-0.05, 0) is 31.0 Å². The Bertz CT molecular complexity index is 566. The van der Waals surface area contributed by atoms with Gasteiger partial charge in [-0.15, -0.1) is 6.58 Å². The van der Waals surface area contributed by atoms with Crippen LogP contribution >= 0.6 is 0 Å². The number of para-hydroxylation sites is 1. The highest BCUT2D eigenvalue weighted by Gasteiger charge is 2.02. The van der Waals surface area contributed by atoms with E-state index in [1.165, 1.54) is 10.9 Å². The highest BCUT2D eigenvalue weighted by molar-refractivity contribution is 5.82. The molecule has 0 aliphatic rings. The Morgan fingerprint density at radius 2 is 2.15 bits per heavy atom. The van der Waals surface area contributed by atoms with E-state index < -0.39 is 0 Å². The van der Waals surface area contributed by atoms with Crippen molar-refractivity contribution in [1.29, 1.82) is 0 Å². The highest BCUT2D eigenvalue weighted by Crippen LogP contribution is 2.17. The summed E-state index contributed by atoms with van der Waals surface area (Å²) in [4.78, 5) is 4.55. The lowest BCUT2D eigenvalue weighted by molar-refractivity contribution is 0.140. The Labute approximate surface area is 120 Å². The van der Waals surface area contributed by atoms with Crippen LogP contribution in [0.1, 0.15) is 17.7 Å². The average Bonchev–Trinajstić information content (AvgIpc) is 2.46. The van der Waals surface area contributed by atoms with Crippen molar-refractivity contribution < 1.29 is 4.74 Å². The van der Waals surface area contributed by atoms with E-state index in [0.29, 0.717) is 0 Å². The molecule has 0 atom stereocenters. The van der Waals surface area contributed by atoms with Gasteiger partial charge in [0, 0.05) is 24.2 Å². The summed E-state index contributed by atoms with van der Waals surface area (Å²) >= 11 is 0. The molecule has 0 saturated heterocycles. The summed E-state index contributed by atoms with van der Waals surface area (Å²) < 4.78 is 5.48. The van der Waals surface area contributed by atoms with Crippen LogP contribution in [0.5, 0.6) is 0 Å². The minimum absolute atomic E-state index is 0.732. The molecular formula is C17H22N2O. The second-order valence-electron chi connectivity index (χ2n) is 4.81. The number of aromatic nitrogens is 1. The third-order valence-electron chi connectivity index (χ3n) is 3.13. The molecule has 20 heavy (non-hydrogen) atoms. The van der Waals surface area contributed by atoms with E-state index in [0.717, 1.165) is 43.9 Å². The third kappa shape index (κ3) is 4.15. The van der Waals surface area contributed by atoms with Gasteiger partial charge in [0.25, 0.3) is 0 Å². The van der Waals surface area contributed by atoms with Crippen LogP contribution in [-0.2, 0) is 11.3 Å². The van der Waals surface area contributed by atoms with Crippen LogP contribution in [-0.4, -0.2) is 24.7 Å². The molecule has 2 rings (SSSR count). The number of pyridine rings is 1. The monoisotopic (exact) mass is 270 g/mol. The number of ether oxygens (including phenoxy) is 1. The zero-order chi connectivity index (χ0) is 14.2. The average molecular weight is 270 g/mol. The second kappa shape index (κ2) is 7.78. The first-order valence-electron chi connectivity index (χ1n) is 7.06. The summed E-state index contributed by atoms with van der Waals surface area (Å²) in [6.45, 7) is 8.89. The van der Waals surface area contributed by atoms with Gasteiger partial charge in [-0.25, -0.2) is 0 Å². The van der Waals surface area contributed by atoms with Crippen LogP contribution in [0.2, 0.25) is 0 Å². The summed E-state index contributed by atoms with van der Waals surface area (Å²) in [5, 5.41) is 4.64. The highest BCUT2D eigenvalue weighted by atomic mass is 16.5. The molecule has 106 valence electrons. The lowest BCUT2D eigenvalue weighted by Crippen LogP contribution is -2.19. The molecule has 0 unspecified atom stereocenters. The van der Waals surface area contributed by atoms with E-state index in [1.807, 2.05) is 19.1 Å². The summed E-state index contributed by atoms with van der Waals surface area (Å²) in [7, 11) is 0. The topological polar surface area (TPSA) is 34.1 Å². The Balaban J connectivity index is 1.88. The van der Waals surface area contributed by atoms with Crippen molar-refractivity contribution in [2.75, 3.05) is 19.8 Å². The van der Waals surface area contributed by atoms with Gasteiger partial charge in [0.1, 0.15) is 0 Å². The molecule has 1 aromatic heterocycles. The van der Waals surface area contributed by atoms with E-state index in [-0.39, 0.29) is 0 Å². The minimum atomic E-state index is 0.732. The molecule has 1 N–H and O–H groups in total. The fraction of sp³-hybridized carbons (Fsp3) is 0.353. The van der Waals surface area contributed by atoms with Crippen LogP contribution < -0.4 is 5.32 Å². The van der Waals surface area contributed by atoms with E-state index in [4.69, 9.17) is 4.74 Å². The van der Waals surface area contributed by atoms with Crippen LogP contribution in [0.15, 0.2) is 43.0 Å². The fourth-order valence-electron chi connectivity index (χ4n) is 2.18. The van der Waals surface area contributed by atoms with Gasteiger partial charge in [-0.1, -0.05) is 24.3 Å². The molecule has 0 radical (unpaired) electrons. The van der Waals surface area contributed by atoms with Gasteiger partial charge >= 0.3 is 0 Å². The molecule has 0 aliphatic carbocycles. The molecule has 1 aromatic carbocycles. The Kier molecular flexibility index (Phi) is 5.71. The van der Waals surface area contributed by atoms with Crippen molar-refractivity contribution in [3.05, 3.63) is 54.2 Å². The van der Waals surface area contributed by atoms with Crippen LogP contribution in [0, 0.1) is 6.92 Å². The molecule has 0 saturated carbocycles. The first-order valence-corrected chi connectivity index (χ1v) is 7.06. The predicted octanol–water partition coefficient (Wildman–Crippen LogP) is 3.23. The maximum absolute atomic E-state index is 5.48. The SMILES string of the molecule is C=CCCOCCNCc1cc(C)nc2ccccc12. The predicted molar refractivity (Wildman–Crippen MR) is 83.8 cm³/mol. The molecule has 0 spiro atoms. The Morgan fingerprint density at radius 3 is 3.00 bits per heavy atom. The van der Waals surface area contributed by atoms with Crippen LogP contribution in [0.3, 0.4) is 0 Å². The van der Waals surface area contributed by atoms with Gasteiger partial charge in [0.2, 0.25) is 0 Å². The molecule has 0 amide bonds. The van der Waals surface area contributed by atoms with Gasteiger partial charge in [0.15, 0.2) is 0 Å². The number of rotatable bonds is 8. The van der Waals surface area contributed by atoms with E-state index in [2.05, 4.69) is 41.1 Å². The number of nitrogens with zero attached hydrogens (tertiary/aromatic N) is 1. The lowest BCUT2D eigenvalue weighted by atomic mass is 10.1. The van der Waals surface area contributed by atoms with Gasteiger partial charge < -0.3 is 10.1 Å². The zero-order valence-electron chi connectivity index (χ0n) is 12.1. The van der Waals surface area contributed by atoms with E-state index >= 15 is 0 Å². The van der Waals surface area contributed by atoms with Gasteiger partial charge in [-0.2, -0.15) is 0 Å². The number of aryl methyl sites for hydroxylation is 1. The molecule has 0 fully saturated rings. The Hall–Kier alpha value is -1.71. The second-order valence-corrected chi connectivity index (χ2v) is 4.81. The Morgan fingerprint density at radius 1 is 1.30 bits per heavy atom. The maximum Gasteiger partial charge on any atom is 0.0708 e. The summed E-state index contributed by atoms with van der Waals surface area (Å²) in [5.41, 5.74) is 3.41. The smallest absolute Gasteiger partial charge is 0.0708 e. The number of nitrogens with one attached hydrogen (secondary N) is 1. The summed E-state index contributed by atoms with van der Waals surface area (Å²) in [5.74, 6) is 0. The molecule has 0 aliphatic heterocycles. The van der Waals surface area contributed by atoms with Crippen molar-refractivity contribution in [3.8, 4) is 0 Å². The molecule has 0 bridgehead atoms. The molecular weight excluding hydrogens is 248 g/mol. The number of benzene rings is 1. The maximum atomic E-state index is 5.48. The minimum Gasteiger partial charge on any atom is -0.380 e.